The van der Waals surface area contributed by atoms with Crippen LogP contribution in [0.15, 0.2) is 30.3 Å². The minimum Gasteiger partial charge on any atom is -0.490 e. The van der Waals surface area contributed by atoms with Gasteiger partial charge in [0.2, 0.25) is 0 Å². The van der Waals surface area contributed by atoms with E-state index in [2.05, 4.69) is 11.1 Å². The van der Waals surface area contributed by atoms with Crippen LogP contribution in [0, 0.1) is 0 Å². The molecule has 0 atom stereocenters. The van der Waals surface area contributed by atoms with Gasteiger partial charge in [-0.15, -0.1) is 0 Å². The normalized spacial score (nSPS) is 16.3. The van der Waals surface area contributed by atoms with E-state index in [9.17, 15) is 0 Å². The van der Waals surface area contributed by atoms with Crippen LogP contribution >= 0.6 is 0 Å². The summed E-state index contributed by atoms with van der Waals surface area (Å²) in [5.41, 5.74) is 7.56. The van der Waals surface area contributed by atoms with Gasteiger partial charge in [0.15, 0.2) is 0 Å². The number of fused-ring (bicyclic) bond motifs is 1. The lowest BCUT2D eigenvalue weighted by molar-refractivity contribution is 0.212. The van der Waals surface area contributed by atoms with Gasteiger partial charge in [0, 0.05) is 18.0 Å². The maximum absolute atomic E-state index is 6.14. The molecule has 2 N–H and O–H groups in total. The van der Waals surface area contributed by atoms with E-state index >= 15 is 0 Å². The lowest BCUT2D eigenvalue weighted by atomic mass is 10.1. The molecule has 1 aromatic heterocycles. The first-order valence-corrected chi connectivity index (χ1v) is 6.62. The highest BCUT2D eigenvalue weighted by molar-refractivity contribution is 5.85. The summed E-state index contributed by atoms with van der Waals surface area (Å²) < 4.78 is 6.14. The van der Waals surface area contributed by atoms with Crippen LogP contribution in [-0.2, 0) is 6.54 Å². The second-order valence-electron chi connectivity index (χ2n) is 4.86. The van der Waals surface area contributed by atoms with E-state index in [-0.39, 0.29) is 0 Å². The summed E-state index contributed by atoms with van der Waals surface area (Å²) in [6.07, 6.45) is 5.24. The van der Waals surface area contributed by atoms with E-state index in [4.69, 9.17) is 10.5 Å². The Balaban J connectivity index is 2.01. The molecule has 1 heterocycles. The number of para-hydroxylation sites is 1. The number of hydrogen-bond acceptors (Lipinski definition) is 3. The summed E-state index contributed by atoms with van der Waals surface area (Å²) in [4.78, 5) is 4.52. The fourth-order valence-electron chi connectivity index (χ4n) is 2.58. The van der Waals surface area contributed by atoms with Crippen LogP contribution in [0.5, 0.6) is 5.75 Å². The third-order valence-corrected chi connectivity index (χ3v) is 3.54. The molecule has 0 amide bonds. The molecule has 3 nitrogen and oxygen atoms in total. The molecule has 1 aromatic carbocycles. The molecule has 18 heavy (non-hydrogen) atoms. The van der Waals surface area contributed by atoms with Crippen LogP contribution in [0.1, 0.15) is 31.4 Å². The molecule has 1 fully saturated rings. The summed E-state index contributed by atoms with van der Waals surface area (Å²) >= 11 is 0. The molecular formula is C15H18N2O. The van der Waals surface area contributed by atoms with Crippen molar-refractivity contribution in [3.05, 3.63) is 36.0 Å². The molecule has 2 aromatic rings. The third kappa shape index (κ3) is 2.18. The van der Waals surface area contributed by atoms with Gasteiger partial charge < -0.3 is 10.5 Å². The fraction of sp³-hybridized carbons (Fsp3) is 0.400. The Hall–Kier alpha value is -1.61. The maximum Gasteiger partial charge on any atom is 0.130 e. The highest BCUT2D eigenvalue weighted by atomic mass is 16.5. The van der Waals surface area contributed by atoms with E-state index in [1.54, 1.807) is 0 Å². The van der Waals surface area contributed by atoms with Crippen molar-refractivity contribution >= 4 is 10.9 Å². The van der Waals surface area contributed by atoms with Gasteiger partial charge in [0.1, 0.15) is 5.75 Å². The van der Waals surface area contributed by atoms with Gasteiger partial charge in [-0.1, -0.05) is 12.1 Å². The molecule has 0 radical (unpaired) electrons. The smallest absolute Gasteiger partial charge is 0.130 e. The van der Waals surface area contributed by atoms with Gasteiger partial charge in [-0.25, -0.2) is 0 Å². The Morgan fingerprint density at radius 2 is 2.00 bits per heavy atom. The van der Waals surface area contributed by atoms with Crippen molar-refractivity contribution in [1.29, 1.82) is 0 Å². The number of aromatic nitrogens is 1. The van der Waals surface area contributed by atoms with E-state index in [1.165, 1.54) is 12.8 Å². The lowest BCUT2D eigenvalue weighted by Crippen LogP contribution is -2.12. The predicted molar refractivity (Wildman–Crippen MR) is 72.5 cm³/mol. The molecule has 0 spiro atoms. The number of nitrogens with zero attached hydrogens (tertiary/aromatic N) is 1. The standard InChI is InChI=1S/C15H18N2O/c16-10-11-9-15(18-12-5-1-2-6-12)13-7-3-4-8-14(13)17-11/h3-4,7-9,12H,1-2,5-6,10,16H2. The Bertz CT molecular complexity index is 547. The van der Waals surface area contributed by atoms with Crippen molar-refractivity contribution < 1.29 is 4.74 Å². The van der Waals surface area contributed by atoms with Crippen LogP contribution in [-0.4, -0.2) is 11.1 Å². The first-order valence-electron chi connectivity index (χ1n) is 6.62. The van der Waals surface area contributed by atoms with Crippen molar-refractivity contribution in [3.63, 3.8) is 0 Å². The van der Waals surface area contributed by atoms with Crippen LogP contribution < -0.4 is 10.5 Å². The van der Waals surface area contributed by atoms with Crippen LogP contribution in [0.25, 0.3) is 10.9 Å². The largest absolute Gasteiger partial charge is 0.490 e. The second kappa shape index (κ2) is 4.94. The van der Waals surface area contributed by atoms with Crippen LogP contribution in [0.4, 0.5) is 0 Å². The molecule has 3 heteroatoms. The highest BCUT2D eigenvalue weighted by Crippen LogP contribution is 2.30. The summed E-state index contributed by atoms with van der Waals surface area (Å²) in [6, 6.07) is 10.1. The Morgan fingerprint density at radius 1 is 1.22 bits per heavy atom. The quantitative estimate of drug-likeness (QED) is 0.900. The second-order valence-corrected chi connectivity index (χ2v) is 4.86. The molecule has 0 saturated heterocycles. The van der Waals surface area contributed by atoms with Crippen molar-refractivity contribution in [1.82, 2.24) is 4.98 Å². The van der Waals surface area contributed by atoms with Crippen LogP contribution in [0.2, 0.25) is 0 Å². The number of ether oxygens (including phenoxy) is 1. The molecule has 1 aliphatic rings. The average molecular weight is 242 g/mol. The topological polar surface area (TPSA) is 48.1 Å². The Labute approximate surface area is 107 Å². The molecule has 3 rings (SSSR count). The van der Waals surface area contributed by atoms with Gasteiger partial charge in [-0.2, -0.15) is 0 Å². The van der Waals surface area contributed by atoms with Gasteiger partial charge in [-0.05, 0) is 37.8 Å². The van der Waals surface area contributed by atoms with Gasteiger partial charge >= 0.3 is 0 Å². The number of benzene rings is 1. The minimum atomic E-state index is 0.362. The fourth-order valence-corrected chi connectivity index (χ4v) is 2.58. The maximum atomic E-state index is 6.14. The first-order chi connectivity index (χ1) is 8.86. The third-order valence-electron chi connectivity index (χ3n) is 3.54. The summed E-state index contributed by atoms with van der Waals surface area (Å²) in [7, 11) is 0. The van der Waals surface area contributed by atoms with E-state index in [0.29, 0.717) is 12.6 Å². The molecule has 0 bridgehead atoms. The zero-order valence-electron chi connectivity index (χ0n) is 10.4. The first kappa shape index (κ1) is 11.5. The van der Waals surface area contributed by atoms with Crippen molar-refractivity contribution in [2.75, 3.05) is 0 Å². The zero-order valence-corrected chi connectivity index (χ0v) is 10.4. The SMILES string of the molecule is NCc1cc(OC2CCCC2)c2ccccc2n1. The zero-order chi connectivity index (χ0) is 12.4. The van der Waals surface area contributed by atoms with Crippen molar-refractivity contribution in [2.45, 2.75) is 38.3 Å². The van der Waals surface area contributed by atoms with Gasteiger partial charge in [0.05, 0.1) is 17.3 Å². The number of hydrogen-bond donors (Lipinski definition) is 1. The molecule has 1 aliphatic carbocycles. The average Bonchev–Trinajstić information content (AvgIpc) is 2.91. The molecule has 0 unspecified atom stereocenters. The monoisotopic (exact) mass is 242 g/mol. The minimum absolute atomic E-state index is 0.362. The Kier molecular flexibility index (Phi) is 3.15. The number of rotatable bonds is 3. The number of pyridine rings is 1. The number of nitrogens with two attached hydrogens (primary N) is 1. The molecule has 94 valence electrons. The summed E-state index contributed by atoms with van der Waals surface area (Å²) in [5, 5.41) is 1.08. The molecule has 0 aliphatic heterocycles. The highest BCUT2D eigenvalue weighted by Gasteiger charge is 2.18. The van der Waals surface area contributed by atoms with Crippen molar-refractivity contribution in [3.8, 4) is 5.75 Å². The summed E-state index contributed by atoms with van der Waals surface area (Å²) in [5.74, 6) is 0.938. The van der Waals surface area contributed by atoms with Gasteiger partial charge in [-0.3, -0.25) is 4.98 Å². The van der Waals surface area contributed by atoms with Gasteiger partial charge in [0.25, 0.3) is 0 Å². The molecular weight excluding hydrogens is 224 g/mol. The van der Waals surface area contributed by atoms with Crippen LogP contribution in [0.3, 0.4) is 0 Å². The lowest BCUT2D eigenvalue weighted by Gasteiger charge is -2.15. The Morgan fingerprint density at radius 3 is 2.78 bits per heavy atom. The van der Waals surface area contributed by atoms with Crippen molar-refractivity contribution in [2.24, 2.45) is 5.73 Å². The predicted octanol–water partition coefficient (Wildman–Crippen LogP) is 3.01. The summed E-state index contributed by atoms with van der Waals surface area (Å²) in [6.45, 7) is 0.450. The molecule has 1 saturated carbocycles. The van der Waals surface area contributed by atoms with E-state index < -0.39 is 0 Å². The van der Waals surface area contributed by atoms with E-state index in [1.807, 2.05) is 24.3 Å². The van der Waals surface area contributed by atoms with E-state index in [0.717, 1.165) is 35.2 Å².